The van der Waals surface area contributed by atoms with E-state index in [2.05, 4.69) is 22.6 Å². The molecular formula is C14H13IN2O3. The molecule has 5 nitrogen and oxygen atoms in total. The van der Waals surface area contributed by atoms with Crippen molar-refractivity contribution >= 4 is 45.7 Å². The first kappa shape index (κ1) is 14.7. The SMILES string of the molecule is C[C@@H](CC=N)n1cc(C(=O)O)c(=O)c2cc(I)ccc21. The Kier molecular flexibility index (Phi) is 4.22. The third kappa shape index (κ3) is 2.60. The Morgan fingerprint density at radius 3 is 2.85 bits per heavy atom. The molecule has 0 spiro atoms. The minimum atomic E-state index is -1.23. The molecular weight excluding hydrogens is 371 g/mol. The molecule has 104 valence electrons. The van der Waals surface area contributed by atoms with Gasteiger partial charge in [0, 0.05) is 27.6 Å². The predicted octanol–water partition coefficient (Wildman–Crippen LogP) is 2.90. The van der Waals surface area contributed by atoms with E-state index in [9.17, 15) is 14.7 Å². The van der Waals surface area contributed by atoms with Gasteiger partial charge in [0.2, 0.25) is 5.43 Å². The van der Waals surface area contributed by atoms with Crippen LogP contribution in [0.4, 0.5) is 0 Å². The predicted molar refractivity (Wildman–Crippen MR) is 86.0 cm³/mol. The van der Waals surface area contributed by atoms with E-state index in [0.717, 1.165) is 3.57 Å². The van der Waals surface area contributed by atoms with Gasteiger partial charge in [-0.25, -0.2) is 4.79 Å². The second-order valence-corrected chi connectivity index (χ2v) is 5.78. The Bertz CT molecular complexity index is 752. The van der Waals surface area contributed by atoms with Crippen LogP contribution in [0.1, 0.15) is 29.7 Å². The van der Waals surface area contributed by atoms with Gasteiger partial charge >= 0.3 is 5.97 Å². The zero-order valence-corrected chi connectivity index (χ0v) is 12.9. The Morgan fingerprint density at radius 2 is 2.25 bits per heavy atom. The number of rotatable bonds is 4. The van der Waals surface area contributed by atoms with Gasteiger partial charge in [0.25, 0.3) is 0 Å². The number of aromatic nitrogens is 1. The lowest BCUT2D eigenvalue weighted by molar-refractivity contribution is 0.0694. The monoisotopic (exact) mass is 384 g/mol. The van der Waals surface area contributed by atoms with Crippen LogP contribution >= 0.6 is 22.6 Å². The number of hydrogen-bond donors (Lipinski definition) is 2. The van der Waals surface area contributed by atoms with Crippen LogP contribution in [-0.2, 0) is 0 Å². The number of carbonyl (C=O) groups is 1. The molecule has 0 aliphatic rings. The van der Waals surface area contributed by atoms with Gasteiger partial charge in [0.1, 0.15) is 5.56 Å². The zero-order chi connectivity index (χ0) is 14.9. The molecule has 0 amide bonds. The highest BCUT2D eigenvalue weighted by Crippen LogP contribution is 2.20. The molecule has 1 atom stereocenters. The first-order chi connectivity index (χ1) is 9.45. The fraction of sp³-hybridized carbons (Fsp3) is 0.214. The molecule has 0 bridgehead atoms. The lowest BCUT2D eigenvalue weighted by Gasteiger charge is -2.18. The quantitative estimate of drug-likeness (QED) is 0.628. The number of halogens is 1. The number of hydrogen-bond acceptors (Lipinski definition) is 3. The van der Waals surface area contributed by atoms with E-state index in [0.29, 0.717) is 17.3 Å². The van der Waals surface area contributed by atoms with Crippen molar-refractivity contribution in [3.8, 4) is 0 Å². The minimum absolute atomic E-state index is 0.0891. The van der Waals surface area contributed by atoms with Gasteiger partial charge in [-0.05, 0) is 53.9 Å². The van der Waals surface area contributed by atoms with Gasteiger partial charge in [0.05, 0.1) is 5.52 Å². The van der Waals surface area contributed by atoms with Gasteiger partial charge in [-0.2, -0.15) is 0 Å². The van der Waals surface area contributed by atoms with E-state index in [1.54, 1.807) is 10.6 Å². The first-order valence-corrected chi connectivity index (χ1v) is 7.10. The van der Waals surface area contributed by atoms with Gasteiger partial charge in [-0.1, -0.05) is 0 Å². The Balaban J connectivity index is 2.86. The topological polar surface area (TPSA) is 83.2 Å². The van der Waals surface area contributed by atoms with Gasteiger partial charge in [-0.15, -0.1) is 0 Å². The second kappa shape index (κ2) is 5.74. The number of nitrogens with zero attached hydrogens (tertiary/aromatic N) is 1. The van der Waals surface area contributed by atoms with Gasteiger partial charge in [-0.3, -0.25) is 4.79 Å². The van der Waals surface area contributed by atoms with E-state index in [4.69, 9.17) is 5.41 Å². The summed E-state index contributed by atoms with van der Waals surface area (Å²) in [5.41, 5.74) is -0.0181. The highest BCUT2D eigenvalue weighted by molar-refractivity contribution is 14.1. The Hall–Kier alpha value is -1.70. The molecule has 2 N–H and O–H groups in total. The third-order valence-electron chi connectivity index (χ3n) is 3.16. The number of aromatic carboxylic acids is 1. The number of fused-ring (bicyclic) bond motifs is 1. The molecule has 1 heterocycles. The third-order valence-corrected chi connectivity index (χ3v) is 3.83. The minimum Gasteiger partial charge on any atom is -0.477 e. The maximum atomic E-state index is 12.2. The van der Waals surface area contributed by atoms with E-state index >= 15 is 0 Å². The molecule has 0 aliphatic heterocycles. The molecule has 20 heavy (non-hydrogen) atoms. The fourth-order valence-electron chi connectivity index (χ4n) is 2.13. The molecule has 6 heteroatoms. The highest BCUT2D eigenvalue weighted by atomic mass is 127. The number of benzene rings is 1. The van der Waals surface area contributed by atoms with Crippen LogP contribution in [0.25, 0.3) is 10.9 Å². The average molecular weight is 384 g/mol. The maximum Gasteiger partial charge on any atom is 0.341 e. The standard InChI is InChI=1S/C14H13IN2O3/c1-8(4-5-16)17-7-11(14(19)20)13(18)10-6-9(15)2-3-12(10)17/h2-3,5-8,16H,4H2,1H3,(H,19,20)/t8-/m0/s1. The summed E-state index contributed by atoms with van der Waals surface area (Å²) in [6, 6.07) is 5.29. The first-order valence-electron chi connectivity index (χ1n) is 6.02. The van der Waals surface area contributed by atoms with Crippen LogP contribution in [0.2, 0.25) is 0 Å². The highest BCUT2D eigenvalue weighted by Gasteiger charge is 2.16. The summed E-state index contributed by atoms with van der Waals surface area (Å²) < 4.78 is 2.63. The molecule has 0 aliphatic carbocycles. The van der Waals surface area contributed by atoms with Crippen LogP contribution in [0, 0.1) is 8.98 Å². The van der Waals surface area contributed by atoms with Crippen molar-refractivity contribution < 1.29 is 9.90 Å². The van der Waals surface area contributed by atoms with E-state index in [-0.39, 0.29) is 11.6 Å². The summed E-state index contributed by atoms with van der Waals surface area (Å²) in [4.78, 5) is 23.4. The summed E-state index contributed by atoms with van der Waals surface area (Å²) in [5.74, 6) is -1.23. The van der Waals surface area contributed by atoms with Crippen LogP contribution in [0.15, 0.2) is 29.2 Å². The lowest BCUT2D eigenvalue weighted by Crippen LogP contribution is -2.20. The van der Waals surface area contributed by atoms with E-state index in [1.807, 2.05) is 19.1 Å². The molecule has 0 radical (unpaired) electrons. The fourth-order valence-corrected chi connectivity index (χ4v) is 2.62. The van der Waals surface area contributed by atoms with Crippen molar-refractivity contribution in [2.75, 3.05) is 0 Å². The smallest absolute Gasteiger partial charge is 0.341 e. The lowest BCUT2D eigenvalue weighted by atomic mass is 10.1. The Labute approximate surface area is 128 Å². The number of pyridine rings is 1. The molecule has 0 fully saturated rings. The van der Waals surface area contributed by atoms with Crippen LogP contribution in [-0.4, -0.2) is 21.9 Å². The van der Waals surface area contributed by atoms with Crippen molar-refractivity contribution in [3.05, 3.63) is 43.8 Å². The second-order valence-electron chi connectivity index (χ2n) is 4.53. The van der Waals surface area contributed by atoms with Crippen LogP contribution in [0.5, 0.6) is 0 Å². The summed E-state index contributed by atoms with van der Waals surface area (Å²) in [5, 5.41) is 16.8. The molecule has 0 unspecified atom stereocenters. The Morgan fingerprint density at radius 1 is 1.55 bits per heavy atom. The molecule has 1 aromatic carbocycles. The molecule has 0 saturated heterocycles. The largest absolute Gasteiger partial charge is 0.477 e. The number of nitrogens with one attached hydrogen (secondary N) is 1. The maximum absolute atomic E-state index is 12.2. The van der Waals surface area contributed by atoms with Crippen molar-refractivity contribution in [3.63, 3.8) is 0 Å². The summed E-state index contributed by atoms with van der Waals surface area (Å²) in [7, 11) is 0. The van der Waals surface area contributed by atoms with Crippen molar-refractivity contribution in [2.45, 2.75) is 19.4 Å². The normalized spacial score (nSPS) is 12.3. The average Bonchev–Trinajstić information content (AvgIpc) is 2.39. The van der Waals surface area contributed by atoms with Crippen LogP contribution < -0.4 is 5.43 Å². The summed E-state index contributed by atoms with van der Waals surface area (Å²) in [6.45, 7) is 1.89. The summed E-state index contributed by atoms with van der Waals surface area (Å²) >= 11 is 2.09. The van der Waals surface area contributed by atoms with Crippen molar-refractivity contribution in [1.82, 2.24) is 4.57 Å². The van der Waals surface area contributed by atoms with E-state index < -0.39 is 11.4 Å². The van der Waals surface area contributed by atoms with Crippen LogP contribution in [0.3, 0.4) is 0 Å². The van der Waals surface area contributed by atoms with E-state index in [1.165, 1.54) is 12.4 Å². The number of carboxylic acids is 1. The molecule has 1 aromatic heterocycles. The summed E-state index contributed by atoms with van der Waals surface area (Å²) in [6.07, 6.45) is 3.12. The molecule has 0 saturated carbocycles. The van der Waals surface area contributed by atoms with Crippen molar-refractivity contribution in [2.24, 2.45) is 0 Å². The van der Waals surface area contributed by atoms with Crippen molar-refractivity contribution in [1.29, 1.82) is 5.41 Å². The zero-order valence-electron chi connectivity index (χ0n) is 10.8. The molecule has 2 rings (SSSR count). The van der Waals surface area contributed by atoms with Gasteiger partial charge in [0.15, 0.2) is 0 Å². The van der Waals surface area contributed by atoms with Gasteiger partial charge < -0.3 is 15.1 Å². The molecule has 2 aromatic rings. The number of carboxylic acid groups (broad SMARTS) is 1.